The Balaban J connectivity index is 2.37. The zero-order valence-corrected chi connectivity index (χ0v) is 10.4. The summed E-state index contributed by atoms with van der Waals surface area (Å²) in [7, 11) is 2.05. The highest BCUT2D eigenvalue weighted by Gasteiger charge is 2.13. The molecular formula is C13H20N4. The van der Waals surface area contributed by atoms with Gasteiger partial charge in [0.1, 0.15) is 0 Å². The summed E-state index contributed by atoms with van der Waals surface area (Å²) < 4.78 is 0. The van der Waals surface area contributed by atoms with Crippen molar-refractivity contribution in [3.63, 3.8) is 0 Å². The van der Waals surface area contributed by atoms with Crippen molar-refractivity contribution in [1.29, 1.82) is 0 Å². The zero-order chi connectivity index (χ0) is 12.4. The third kappa shape index (κ3) is 2.28. The number of hydrogen-bond acceptors (Lipinski definition) is 3. The summed E-state index contributed by atoms with van der Waals surface area (Å²) in [6, 6.07) is 8.30. The number of fused-ring (bicyclic) bond motifs is 1. The number of hydrogen-bond donors (Lipinski definition) is 3. The lowest BCUT2D eigenvalue weighted by molar-refractivity contribution is 0.668. The van der Waals surface area contributed by atoms with Crippen LogP contribution in [0.25, 0.3) is 10.9 Å². The molecule has 1 heterocycles. The topological polar surface area (TPSA) is 71.1 Å². The Morgan fingerprint density at radius 1 is 1.35 bits per heavy atom. The van der Waals surface area contributed by atoms with Gasteiger partial charge in [-0.2, -0.15) is 0 Å². The van der Waals surface area contributed by atoms with Gasteiger partial charge in [-0.05, 0) is 13.0 Å². The van der Waals surface area contributed by atoms with Crippen LogP contribution in [-0.2, 0) is 0 Å². The Morgan fingerprint density at radius 3 is 2.76 bits per heavy atom. The Hall–Kier alpha value is -1.52. The fourth-order valence-corrected chi connectivity index (χ4v) is 2.27. The van der Waals surface area contributed by atoms with Gasteiger partial charge in [0.05, 0.1) is 5.69 Å². The SMILES string of the molecule is Cc1[nH]c2ccccc2c1N(C)CC(N)CN. The van der Waals surface area contributed by atoms with Crippen molar-refractivity contribution in [2.75, 3.05) is 25.0 Å². The summed E-state index contributed by atoms with van der Waals surface area (Å²) in [5.74, 6) is 0. The molecule has 2 aromatic rings. The molecule has 0 spiro atoms. The van der Waals surface area contributed by atoms with Crippen LogP contribution in [0, 0.1) is 6.92 Å². The third-order valence-corrected chi connectivity index (χ3v) is 3.05. The van der Waals surface area contributed by atoms with Crippen molar-refractivity contribution in [3.8, 4) is 0 Å². The van der Waals surface area contributed by atoms with Crippen LogP contribution in [0.4, 0.5) is 5.69 Å². The lowest BCUT2D eigenvalue weighted by atomic mass is 10.2. The van der Waals surface area contributed by atoms with Crippen molar-refractivity contribution in [2.45, 2.75) is 13.0 Å². The first-order valence-corrected chi connectivity index (χ1v) is 5.87. The number of nitrogens with two attached hydrogens (primary N) is 2. The van der Waals surface area contributed by atoms with E-state index in [1.54, 1.807) is 0 Å². The van der Waals surface area contributed by atoms with Gasteiger partial charge in [-0.3, -0.25) is 0 Å². The molecule has 92 valence electrons. The van der Waals surface area contributed by atoms with Crippen LogP contribution in [0.5, 0.6) is 0 Å². The lowest BCUT2D eigenvalue weighted by Crippen LogP contribution is -2.40. The molecule has 2 rings (SSSR count). The molecule has 0 saturated heterocycles. The maximum Gasteiger partial charge on any atom is 0.0652 e. The lowest BCUT2D eigenvalue weighted by Gasteiger charge is -2.23. The highest BCUT2D eigenvalue weighted by molar-refractivity contribution is 5.94. The van der Waals surface area contributed by atoms with Crippen molar-refractivity contribution in [3.05, 3.63) is 30.0 Å². The maximum absolute atomic E-state index is 5.90. The summed E-state index contributed by atoms with van der Waals surface area (Å²) in [5, 5.41) is 1.23. The molecule has 5 N–H and O–H groups in total. The smallest absolute Gasteiger partial charge is 0.0652 e. The Kier molecular flexibility index (Phi) is 3.36. The number of aromatic amines is 1. The molecule has 1 aromatic carbocycles. The number of nitrogens with zero attached hydrogens (tertiary/aromatic N) is 1. The molecule has 4 nitrogen and oxygen atoms in total. The molecule has 0 saturated carbocycles. The van der Waals surface area contributed by atoms with E-state index in [9.17, 15) is 0 Å². The highest BCUT2D eigenvalue weighted by Crippen LogP contribution is 2.29. The Bertz CT molecular complexity index is 503. The molecule has 0 fully saturated rings. The third-order valence-electron chi connectivity index (χ3n) is 3.05. The van der Waals surface area contributed by atoms with Gasteiger partial charge in [0.25, 0.3) is 0 Å². The normalized spacial score (nSPS) is 12.9. The minimum Gasteiger partial charge on any atom is -0.371 e. The van der Waals surface area contributed by atoms with Crippen LogP contribution in [0.1, 0.15) is 5.69 Å². The van der Waals surface area contributed by atoms with Crippen LogP contribution in [0.15, 0.2) is 24.3 Å². The number of aromatic nitrogens is 1. The van der Waals surface area contributed by atoms with E-state index in [2.05, 4.69) is 42.1 Å². The van der Waals surface area contributed by atoms with E-state index in [4.69, 9.17) is 11.5 Å². The van der Waals surface area contributed by atoms with Crippen LogP contribution in [0.2, 0.25) is 0 Å². The van der Waals surface area contributed by atoms with Gasteiger partial charge >= 0.3 is 0 Å². The van der Waals surface area contributed by atoms with Gasteiger partial charge in [-0.25, -0.2) is 0 Å². The molecule has 17 heavy (non-hydrogen) atoms. The summed E-state index contributed by atoms with van der Waals surface area (Å²) in [5.41, 5.74) is 15.0. The summed E-state index contributed by atoms with van der Waals surface area (Å²) >= 11 is 0. The van der Waals surface area contributed by atoms with Crippen molar-refractivity contribution in [2.24, 2.45) is 11.5 Å². The molecule has 1 atom stereocenters. The van der Waals surface area contributed by atoms with E-state index < -0.39 is 0 Å². The highest BCUT2D eigenvalue weighted by atomic mass is 15.1. The molecule has 0 aliphatic heterocycles. The average Bonchev–Trinajstić information content (AvgIpc) is 2.64. The Morgan fingerprint density at radius 2 is 2.06 bits per heavy atom. The summed E-state index contributed by atoms with van der Waals surface area (Å²) in [6.07, 6.45) is 0. The van der Waals surface area contributed by atoms with Crippen LogP contribution >= 0.6 is 0 Å². The minimum atomic E-state index is 0.00747. The summed E-state index contributed by atoms with van der Waals surface area (Å²) in [4.78, 5) is 5.56. The number of rotatable bonds is 4. The maximum atomic E-state index is 5.90. The molecule has 1 unspecified atom stereocenters. The van der Waals surface area contributed by atoms with Gasteiger partial charge in [-0.15, -0.1) is 0 Å². The van der Waals surface area contributed by atoms with E-state index >= 15 is 0 Å². The van der Waals surface area contributed by atoms with Gasteiger partial charge in [-0.1, -0.05) is 18.2 Å². The van der Waals surface area contributed by atoms with Gasteiger partial charge in [0, 0.05) is 42.8 Å². The van der Waals surface area contributed by atoms with Crippen molar-refractivity contribution < 1.29 is 0 Å². The largest absolute Gasteiger partial charge is 0.371 e. The zero-order valence-electron chi connectivity index (χ0n) is 10.4. The number of likely N-dealkylation sites (N-methyl/N-ethyl adjacent to an activating group) is 1. The van der Waals surface area contributed by atoms with E-state index in [0.29, 0.717) is 6.54 Å². The first kappa shape index (κ1) is 12.0. The molecule has 1 aromatic heterocycles. The molecule has 0 amide bonds. The number of nitrogens with one attached hydrogen (secondary N) is 1. The summed E-state index contributed by atoms with van der Waals surface area (Å²) in [6.45, 7) is 3.35. The van der Waals surface area contributed by atoms with Crippen molar-refractivity contribution in [1.82, 2.24) is 4.98 Å². The average molecular weight is 232 g/mol. The van der Waals surface area contributed by atoms with E-state index in [1.807, 2.05) is 6.07 Å². The monoisotopic (exact) mass is 232 g/mol. The fourth-order valence-electron chi connectivity index (χ4n) is 2.27. The standard InChI is InChI=1S/C13H20N4/c1-9-13(17(2)8-10(15)7-14)11-5-3-4-6-12(11)16-9/h3-6,10,16H,7-8,14-15H2,1-2H3. The number of H-pyrrole nitrogens is 1. The Labute approximate surface area is 102 Å². The number of aryl methyl sites for hydroxylation is 1. The molecule has 0 radical (unpaired) electrons. The molecule has 0 aliphatic carbocycles. The van der Waals surface area contributed by atoms with Gasteiger partial charge in [0.2, 0.25) is 0 Å². The second kappa shape index (κ2) is 4.77. The second-order valence-electron chi connectivity index (χ2n) is 4.52. The van der Waals surface area contributed by atoms with Crippen LogP contribution < -0.4 is 16.4 Å². The number of benzene rings is 1. The van der Waals surface area contributed by atoms with E-state index in [-0.39, 0.29) is 6.04 Å². The van der Waals surface area contributed by atoms with E-state index in [1.165, 1.54) is 11.1 Å². The molecule has 4 heteroatoms. The van der Waals surface area contributed by atoms with Crippen LogP contribution in [-0.4, -0.2) is 31.2 Å². The van der Waals surface area contributed by atoms with Gasteiger partial charge < -0.3 is 21.4 Å². The predicted molar refractivity (Wildman–Crippen MR) is 73.3 cm³/mol. The molecular weight excluding hydrogens is 212 g/mol. The number of para-hydroxylation sites is 1. The fraction of sp³-hybridized carbons (Fsp3) is 0.385. The predicted octanol–water partition coefficient (Wildman–Crippen LogP) is 1.20. The first-order valence-electron chi connectivity index (χ1n) is 5.87. The van der Waals surface area contributed by atoms with Crippen molar-refractivity contribution >= 4 is 16.6 Å². The van der Waals surface area contributed by atoms with Gasteiger partial charge in [0.15, 0.2) is 0 Å². The second-order valence-corrected chi connectivity index (χ2v) is 4.52. The minimum absolute atomic E-state index is 0.00747. The molecule has 0 bridgehead atoms. The van der Waals surface area contributed by atoms with E-state index in [0.717, 1.165) is 17.8 Å². The quantitative estimate of drug-likeness (QED) is 0.741. The van der Waals surface area contributed by atoms with Crippen LogP contribution in [0.3, 0.4) is 0 Å². The number of anilines is 1. The first-order chi connectivity index (χ1) is 8.13. The molecule has 0 aliphatic rings.